The van der Waals surface area contributed by atoms with Crippen LogP contribution < -0.4 is 4.74 Å². The normalized spacial score (nSPS) is 15.6. The van der Waals surface area contributed by atoms with Gasteiger partial charge in [0, 0.05) is 5.56 Å². The highest BCUT2D eigenvalue weighted by Gasteiger charge is 2.21. The zero-order chi connectivity index (χ0) is 15.5. The molecule has 0 aliphatic carbocycles. The van der Waals surface area contributed by atoms with Gasteiger partial charge in [0.05, 0.1) is 12.7 Å². The summed E-state index contributed by atoms with van der Waals surface area (Å²) in [5, 5.41) is 0. The first kappa shape index (κ1) is 14.1. The van der Waals surface area contributed by atoms with E-state index < -0.39 is 0 Å². The van der Waals surface area contributed by atoms with Crippen molar-refractivity contribution in [1.29, 1.82) is 0 Å². The Bertz CT molecular complexity index is 750. The zero-order valence-electron chi connectivity index (χ0n) is 12.5. The Kier molecular flexibility index (Phi) is 3.79. The summed E-state index contributed by atoms with van der Waals surface area (Å²) in [6, 6.07) is 15.4. The lowest BCUT2D eigenvalue weighted by atomic mass is 10.1. The molecule has 0 saturated carbocycles. The predicted molar refractivity (Wildman–Crippen MR) is 86.2 cm³/mol. The number of aryl methyl sites for hydroxylation is 1. The van der Waals surface area contributed by atoms with Crippen LogP contribution in [-0.4, -0.2) is 13.1 Å². The minimum absolute atomic E-state index is 0.327. The molecule has 0 saturated heterocycles. The molecular weight excluding hydrogens is 276 g/mol. The van der Waals surface area contributed by atoms with Gasteiger partial charge < -0.3 is 9.47 Å². The van der Waals surface area contributed by atoms with Crippen LogP contribution in [0.2, 0.25) is 0 Å². The highest BCUT2D eigenvalue weighted by atomic mass is 16.5. The van der Waals surface area contributed by atoms with Crippen molar-refractivity contribution in [3.05, 3.63) is 76.9 Å². The molecule has 110 valence electrons. The lowest BCUT2D eigenvalue weighted by Gasteiger charge is -2.03. The van der Waals surface area contributed by atoms with Crippen LogP contribution >= 0.6 is 0 Å². The third-order valence-electron chi connectivity index (χ3n) is 3.50. The van der Waals surface area contributed by atoms with E-state index in [0.717, 1.165) is 16.9 Å². The Labute approximate surface area is 129 Å². The number of hydrogen-bond donors (Lipinski definition) is 0. The van der Waals surface area contributed by atoms with Crippen LogP contribution in [0.4, 0.5) is 0 Å². The van der Waals surface area contributed by atoms with Crippen LogP contribution in [0.5, 0.6) is 5.75 Å². The zero-order valence-corrected chi connectivity index (χ0v) is 12.5. The third kappa shape index (κ3) is 2.93. The second-order valence-electron chi connectivity index (χ2n) is 5.14. The maximum Gasteiger partial charge on any atom is 0.343 e. The van der Waals surface area contributed by atoms with Crippen LogP contribution in [-0.2, 0) is 9.53 Å². The summed E-state index contributed by atoms with van der Waals surface area (Å²) in [6.45, 7) is 2.03. The molecule has 1 aliphatic heterocycles. The summed E-state index contributed by atoms with van der Waals surface area (Å²) in [5.74, 6) is 1.00. The topological polar surface area (TPSA) is 35.5 Å². The van der Waals surface area contributed by atoms with Gasteiger partial charge in [0.1, 0.15) is 11.5 Å². The minimum atomic E-state index is -0.327. The fourth-order valence-corrected chi connectivity index (χ4v) is 2.23. The molecule has 3 heteroatoms. The Morgan fingerprint density at radius 2 is 1.68 bits per heavy atom. The predicted octanol–water partition coefficient (Wildman–Crippen LogP) is 3.98. The van der Waals surface area contributed by atoms with E-state index in [1.807, 2.05) is 61.5 Å². The molecule has 0 bridgehead atoms. The van der Waals surface area contributed by atoms with Gasteiger partial charge in [0.2, 0.25) is 0 Å². The van der Waals surface area contributed by atoms with E-state index in [4.69, 9.17) is 9.47 Å². The molecule has 0 unspecified atom stereocenters. The van der Waals surface area contributed by atoms with Crippen molar-refractivity contribution in [2.45, 2.75) is 6.92 Å². The number of rotatable bonds is 3. The van der Waals surface area contributed by atoms with Gasteiger partial charge in [0.15, 0.2) is 0 Å². The highest BCUT2D eigenvalue weighted by molar-refractivity contribution is 6.05. The number of benzene rings is 2. The van der Waals surface area contributed by atoms with Gasteiger partial charge in [-0.2, -0.15) is 0 Å². The largest absolute Gasteiger partial charge is 0.497 e. The molecule has 2 aromatic rings. The molecule has 3 nitrogen and oxygen atoms in total. The molecule has 0 radical (unpaired) electrons. The molecule has 1 heterocycles. The molecule has 0 amide bonds. The van der Waals surface area contributed by atoms with E-state index in [1.165, 1.54) is 5.56 Å². The minimum Gasteiger partial charge on any atom is -0.497 e. The van der Waals surface area contributed by atoms with E-state index >= 15 is 0 Å². The average Bonchev–Trinajstić information content (AvgIpc) is 2.91. The molecule has 0 spiro atoms. The van der Waals surface area contributed by atoms with Gasteiger partial charge in [-0.05, 0) is 48.9 Å². The maximum atomic E-state index is 12.0. The van der Waals surface area contributed by atoms with Crippen LogP contribution in [0.15, 0.2) is 60.2 Å². The Balaban J connectivity index is 1.88. The summed E-state index contributed by atoms with van der Waals surface area (Å²) in [7, 11) is 1.62. The Morgan fingerprint density at radius 3 is 2.32 bits per heavy atom. The van der Waals surface area contributed by atoms with Crippen molar-refractivity contribution in [2.75, 3.05) is 7.11 Å². The molecule has 3 rings (SSSR count). The van der Waals surface area contributed by atoms with Crippen LogP contribution in [0.1, 0.15) is 16.7 Å². The van der Waals surface area contributed by atoms with Gasteiger partial charge in [-0.1, -0.05) is 29.8 Å². The smallest absolute Gasteiger partial charge is 0.343 e. The van der Waals surface area contributed by atoms with Gasteiger partial charge in [-0.25, -0.2) is 4.79 Å². The lowest BCUT2D eigenvalue weighted by molar-refractivity contribution is -0.130. The fourth-order valence-electron chi connectivity index (χ4n) is 2.23. The third-order valence-corrected chi connectivity index (χ3v) is 3.50. The number of carbonyl (C=O) groups excluding carboxylic acids is 1. The van der Waals surface area contributed by atoms with Gasteiger partial charge in [0.25, 0.3) is 0 Å². The number of esters is 1. The van der Waals surface area contributed by atoms with E-state index in [9.17, 15) is 4.79 Å². The summed E-state index contributed by atoms with van der Waals surface area (Å²) >= 11 is 0. The second kappa shape index (κ2) is 5.90. The molecule has 22 heavy (non-hydrogen) atoms. The van der Waals surface area contributed by atoms with E-state index in [1.54, 1.807) is 13.2 Å². The van der Waals surface area contributed by atoms with Crippen molar-refractivity contribution < 1.29 is 14.3 Å². The standard InChI is InChI=1S/C19H16O3/c1-13-3-5-14(6-4-13)11-16-12-18(22-19(16)20)15-7-9-17(21-2)10-8-15/h3-12H,1-2H3/b16-11-. The molecule has 1 aliphatic rings. The number of carbonyl (C=O) groups is 1. The highest BCUT2D eigenvalue weighted by Crippen LogP contribution is 2.28. The van der Waals surface area contributed by atoms with Gasteiger partial charge in [-0.3, -0.25) is 0 Å². The summed E-state index contributed by atoms with van der Waals surface area (Å²) in [6.07, 6.45) is 3.60. The SMILES string of the molecule is COc1ccc(C2=C/C(=C/c3ccc(C)cc3)C(=O)O2)cc1. The van der Waals surface area contributed by atoms with E-state index in [2.05, 4.69) is 0 Å². The van der Waals surface area contributed by atoms with Crippen molar-refractivity contribution in [3.63, 3.8) is 0 Å². The molecule has 0 fully saturated rings. The average molecular weight is 292 g/mol. The summed E-state index contributed by atoms with van der Waals surface area (Å²) in [5.41, 5.74) is 3.56. The van der Waals surface area contributed by atoms with E-state index in [0.29, 0.717) is 11.3 Å². The number of methoxy groups -OCH3 is 1. The van der Waals surface area contributed by atoms with Crippen molar-refractivity contribution >= 4 is 17.8 Å². The maximum absolute atomic E-state index is 12.0. The Hall–Kier alpha value is -2.81. The van der Waals surface area contributed by atoms with Crippen LogP contribution in [0.25, 0.3) is 11.8 Å². The quantitative estimate of drug-likeness (QED) is 0.634. The molecule has 2 aromatic carbocycles. The first-order valence-corrected chi connectivity index (χ1v) is 7.02. The van der Waals surface area contributed by atoms with Crippen LogP contribution in [0.3, 0.4) is 0 Å². The molecular formula is C19H16O3. The lowest BCUT2D eigenvalue weighted by Crippen LogP contribution is -1.97. The number of ether oxygens (including phenoxy) is 2. The first-order valence-electron chi connectivity index (χ1n) is 7.02. The van der Waals surface area contributed by atoms with Gasteiger partial charge in [-0.15, -0.1) is 0 Å². The van der Waals surface area contributed by atoms with Crippen LogP contribution in [0, 0.1) is 6.92 Å². The summed E-state index contributed by atoms with van der Waals surface area (Å²) < 4.78 is 10.5. The fraction of sp³-hybridized carbons (Fsp3) is 0.105. The second-order valence-corrected chi connectivity index (χ2v) is 5.14. The van der Waals surface area contributed by atoms with Gasteiger partial charge >= 0.3 is 5.97 Å². The Morgan fingerprint density at radius 1 is 1.00 bits per heavy atom. The van der Waals surface area contributed by atoms with Crippen molar-refractivity contribution in [3.8, 4) is 5.75 Å². The van der Waals surface area contributed by atoms with Crippen molar-refractivity contribution in [1.82, 2.24) is 0 Å². The molecule has 0 aromatic heterocycles. The number of cyclic esters (lactones) is 1. The molecule has 0 N–H and O–H groups in total. The summed E-state index contributed by atoms with van der Waals surface area (Å²) in [4.78, 5) is 12.0. The number of hydrogen-bond acceptors (Lipinski definition) is 3. The molecule has 0 atom stereocenters. The monoisotopic (exact) mass is 292 g/mol. The first-order chi connectivity index (χ1) is 10.7. The van der Waals surface area contributed by atoms with Crippen molar-refractivity contribution in [2.24, 2.45) is 0 Å². The van der Waals surface area contributed by atoms with E-state index in [-0.39, 0.29) is 5.97 Å².